The Kier molecular flexibility index (Phi) is 3.52. The van der Waals surface area contributed by atoms with E-state index >= 15 is 0 Å². The van der Waals surface area contributed by atoms with Crippen LogP contribution in [0, 0.1) is 0 Å². The van der Waals surface area contributed by atoms with Gasteiger partial charge in [-0.2, -0.15) is 0 Å². The molecule has 3 rings (SSSR count). The van der Waals surface area contributed by atoms with Gasteiger partial charge in [-0.1, -0.05) is 24.3 Å². The van der Waals surface area contributed by atoms with Gasteiger partial charge in [0.2, 0.25) is 0 Å². The summed E-state index contributed by atoms with van der Waals surface area (Å²) in [6.45, 7) is 0.772. The van der Waals surface area contributed by atoms with Crippen molar-refractivity contribution >= 4 is 0 Å². The van der Waals surface area contributed by atoms with Gasteiger partial charge in [0, 0.05) is 31.3 Å². The van der Waals surface area contributed by atoms with Crippen LogP contribution in [0.1, 0.15) is 11.1 Å². The standard InChI is InChI=1S/C15H14N4O/c20-11-13-3-1-12(2-4-13)10-19-8-7-18-15(19)14-9-16-5-6-17-14/h1-9,20H,10-11H2. The van der Waals surface area contributed by atoms with Crippen LogP contribution in [0.5, 0.6) is 0 Å². The SMILES string of the molecule is OCc1ccc(Cn2ccnc2-c2cnccn2)cc1. The van der Waals surface area contributed by atoms with Crippen LogP contribution in [0.25, 0.3) is 11.5 Å². The molecule has 0 fully saturated rings. The quantitative estimate of drug-likeness (QED) is 0.783. The molecule has 0 aliphatic carbocycles. The van der Waals surface area contributed by atoms with Crippen LogP contribution in [0.15, 0.2) is 55.2 Å². The Labute approximate surface area is 116 Å². The number of hydrogen-bond acceptors (Lipinski definition) is 4. The minimum absolute atomic E-state index is 0.0657. The molecule has 20 heavy (non-hydrogen) atoms. The number of nitrogens with zero attached hydrogens (tertiary/aromatic N) is 4. The molecule has 100 valence electrons. The Balaban J connectivity index is 1.86. The van der Waals surface area contributed by atoms with Gasteiger partial charge in [-0.05, 0) is 11.1 Å². The van der Waals surface area contributed by atoms with Crippen molar-refractivity contribution in [3.8, 4) is 11.5 Å². The van der Waals surface area contributed by atoms with E-state index in [4.69, 9.17) is 5.11 Å². The molecular weight excluding hydrogens is 252 g/mol. The second kappa shape index (κ2) is 5.63. The van der Waals surface area contributed by atoms with Gasteiger partial charge >= 0.3 is 0 Å². The van der Waals surface area contributed by atoms with Gasteiger partial charge in [-0.25, -0.2) is 9.97 Å². The van der Waals surface area contributed by atoms with E-state index in [0.717, 1.165) is 22.6 Å². The lowest BCUT2D eigenvalue weighted by Gasteiger charge is -2.07. The predicted molar refractivity (Wildman–Crippen MR) is 74.7 cm³/mol. The molecule has 0 amide bonds. The first-order valence-corrected chi connectivity index (χ1v) is 6.33. The smallest absolute Gasteiger partial charge is 0.160 e. The second-order valence-electron chi connectivity index (χ2n) is 4.44. The minimum atomic E-state index is 0.0657. The molecule has 0 bridgehead atoms. The van der Waals surface area contributed by atoms with E-state index in [-0.39, 0.29) is 6.61 Å². The maximum Gasteiger partial charge on any atom is 0.160 e. The summed E-state index contributed by atoms with van der Waals surface area (Å²) in [5.74, 6) is 0.796. The summed E-state index contributed by atoms with van der Waals surface area (Å²) in [5, 5.41) is 9.05. The normalized spacial score (nSPS) is 10.7. The van der Waals surface area contributed by atoms with Crippen LogP contribution in [-0.4, -0.2) is 24.6 Å². The van der Waals surface area contributed by atoms with Crippen molar-refractivity contribution in [1.82, 2.24) is 19.5 Å². The third kappa shape index (κ3) is 2.57. The van der Waals surface area contributed by atoms with Crippen LogP contribution in [-0.2, 0) is 13.2 Å². The van der Waals surface area contributed by atoms with Crippen molar-refractivity contribution in [3.63, 3.8) is 0 Å². The zero-order chi connectivity index (χ0) is 13.8. The van der Waals surface area contributed by atoms with E-state index in [2.05, 4.69) is 15.0 Å². The van der Waals surface area contributed by atoms with Crippen LogP contribution in [0.2, 0.25) is 0 Å². The monoisotopic (exact) mass is 266 g/mol. The Morgan fingerprint density at radius 3 is 2.45 bits per heavy atom. The van der Waals surface area contributed by atoms with Gasteiger partial charge in [-0.3, -0.25) is 4.98 Å². The molecule has 2 heterocycles. The first kappa shape index (κ1) is 12.5. The first-order valence-electron chi connectivity index (χ1n) is 6.33. The maximum absolute atomic E-state index is 9.05. The summed E-state index contributed by atoms with van der Waals surface area (Å²) < 4.78 is 2.03. The molecule has 0 atom stereocenters. The lowest BCUT2D eigenvalue weighted by atomic mass is 10.1. The Bertz CT molecular complexity index is 677. The van der Waals surface area contributed by atoms with E-state index in [1.54, 1.807) is 24.8 Å². The summed E-state index contributed by atoms with van der Waals surface area (Å²) in [7, 11) is 0. The zero-order valence-corrected chi connectivity index (χ0v) is 10.8. The molecule has 0 saturated carbocycles. The van der Waals surface area contributed by atoms with E-state index in [9.17, 15) is 0 Å². The van der Waals surface area contributed by atoms with Crippen LogP contribution >= 0.6 is 0 Å². The average molecular weight is 266 g/mol. The highest BCUT2D eigenvalue weighted by Gasteiger charge is 2.07. The first-order chi connectivity index (χ1) is 9.86. The summed E-state index contributed by atoms with van der Waals surface area (Å²) >= 11 is 0. The van der Waals surface area contributed by atoms with Crippen LogP contribution in [0.4, 0.5) is 0 Å². The molecule has 0 radical (unpaired) electrons. The summed E-state index contributed by atoms with van der Waals surface area (Å²) in [4.78, 5) is 12.7. The number of aliphatic hydroxyl groups is 1. The van der Waals surface area contributed by atoms with Gasteiger partial charge in [0.05, 0.1) is 12.8 Å². The van der Waals surface area contributed by atoms with Gasteiger partial charge in [0.25, 0.3) is 0 Å². The van der Waals surface area contributed by atoms with E-state index in [0.29, 0.717) is 6.54 Å². The maximum atomic E-state index is 9.05. The van der Waals surface area contributed by atoms with Crippen molar-refractivity contribution in [1.29, 1.82) is 0 Å². The van der Waals surface area contributed by atoms with E-state index in [1.165, 1.54) is 0 Å². The molecule has 0 spiro atoms. The topological polar surface area (TPSA) is 63.8 Å². The fourth-order valence-electron chi connectivity index (χ4n) is 2.03. The molecule has 0 aliphatic rings. The van der Waals surface area contributed by atoms with Gasteiger partial charge in [-0.15, -0.1) is 0 Å². The highest BCUT2D eigenvalue weighted by Crippen LogP contribution is 2.15. The van der Waals surface area contributed by atoms with Crippen LogP contribution in [0.3, 0.4) is 0 Å². The fraction of sp³-hybridized carbons (Fsp3) is 0.133. The predicted octanol–water partition coefficient (Wildman–Crippen LogP) is 1.88. The molecule has 0 aliphatic heterocycles. The minimum Gasteiger partial charge on any atom is -0.392 e. The lowest BCUT2D eigenvalue weighted by Crippen LogP contribution is -2.02. The third-order valence-corrected chi connectivity index (χ3v) is 3.07. The Morgan fingerprint density at radius 1 is 0.950 bits per heavy atom. The number of imidazole rings is 1. The number of aliphatic hydroxyl groups excluding tert-OH is 1. The van der Waals surface area contributed by atoms with Crippen molar-refractivity contribution in [2.75, 3.05) is 0 Å². The molecule has 2 aromatic heterocycles. The molecule has 5 nitrogen and oxygen atoms in total. The molecule has 0 saturated heterocycles. The van der Waals surface area contributed by atoms with Gasteiger partial charge in [0.1, 0.15) is 5.69 Å². The number of rotatable bonds is 4. The molecule has 1 aromatic carbocycles. The Morgan fingerprint density at radius 2 is 1.75 bits per heavy atom. The van der Waals surface area contributed by atoms with Crippen molar-refractivity contribution in [3.05, 3.63) is 66.4 Å². The highest BCUT2D eigenvalue weighted by molar-refractivity contribution is 5.47. The van der Waals surface area contributed by atoms with Gasteiger partial charge in [0.15, 0.2) is 5.82 Å². The zero-order valence-electron chi connectivity index (χ0n) is 10.8. The van der Waals surface area contributed by atoms with Crippen LogP contribution < -0.4 is 0 Å². The molecule has 0 unspecified atom stereocenters. The van der Waals surface area contributed by atoms with Crippen molar-refractivity contribution < 1.29 is 5.11 Å². The largest absolute Gasteiger partial charge is 0.392 e. The average Bonchev–Trinajstić information content (AvgIpc) is 2.97. The summed E-state index contributed by atoms with van der Waals surface area (Å²) in [5.41, 5.74) is 2.81. The number of aromatic nitrogens is 4. The lowest BCUT2D eigenvalue weighted by molar-refractivity contribution is 0.282. The van der Waals surface area contributed by atoms with E-state index in [1.807, 2.05) is 35.0 Å². The summed E-state index contributed by atoms with van der Waals surface area (Å²) in [6, 6.07) is 7.86. The van der Waals surface area contributed by atoms with E-state index < -0.39 is 0 Å². The number of hydrogen-bond donors (Lipinski definition) is 1. The van der Waals surface area contributed by atoms with Crippen molar-refractivity contribution in [2.24, 2.45) is 0 Å². The molecule has 5 heteroatoms. The highest BCUT2D eigenvalue weighted by atomic mass is 16.3. The second-order valence-corrected chi connectivity index (χ2v) is 4.44. The van der Waals surface area contributed by atoms with Gasteiger partial charge < -0.3 is 9.67 Å². The third-order valence-electron chi connectivity index (χ3n) is 3.07. The fourth-order valence-corrected chi connectivity index (χ4v) is 2.03. The van der Waals surface area contributed by atoms with Crippen molar-refractivity contribution in [2.45, 2.75) is 13.2 Å². The Hall–Kier alpha value is -2.53. The summed E-state index contributed by atoms with van der Waals surface area (Å²) in [6.07, 6.45) is 8.68. The molecule has 3 aromatic rings. The molecule has 1 N–H and O–H groups in total. The number of benzene rings is 1. The molecular formula is C15H14N4O.